The molecule has 2 atom stereocenters. The van der Waals surface area contributed by atoms with Crippen LogP contribution in [0.25, 0.3) is 0 Å². The molecule has 3 rings (SSSR count). The van der Waals surface area contributed by atoms with E-state index >= 15 is 4.39 Å². The predicted molar refractivity (Wildman–Crippen MR) is 114 cm³/mol. The van der Waals surface area contributed by atoms with Gasteiger partial charge < -0.3 is 11.1 Å². The average Bonchev–Trinajstić information content (AvgIpc) is 2.67. The zero-order valence-electron chi connectivity index (χ0n) is 16.7. The lowest BCUT2D eigenvalue weighted by Gasteiger charge is -2.55. The summed E-state index contributed by atoms with van der Waals surface area (Å²) in [5.74, 6) is -3.09. The summed E-state index contributed by atoms with van der Waals surface area (Å²) in [6.07, 6.45) is 1.08. The summed E-state index contributed by atoms with van der Waals surface area (Å²) in [6.45, 7) is 3.82. The van der Waals surface area contributed by atoms with E-state index in [0.717, 1.165) is 24.4 Å². The summed E-state index contributed by atoms with van der Waals surface area (Å²) in [4.78, 5) is 20.0. The fourth-order valence-electron chi connectivity index (χ4n) is 3.11. The zero-order chi connectivity index (χ0) is 23.4. The van der Waals surface area contributed by atoms with Gasteiger partial charge in [0.25, 0.3) is 5.91 Å². The Bertz CT molecular complexity index is 1100. The average molecular weight is 477 g/mol. The number of halogens is 4. The fourth-order valence-corrected chi connectivity index (χ4v) is 4.95. The second-order valence-corrected chi connectivity index (χ2v) is 10.8. The van der Waals surface area contributed by atoms with Gasteiger partial charge in [-0.15, -0.1) is 0 Å². The van der Waals surface area contributed by atoms with E-state index in [1.807, 2.05) is 0 Å². The monoisotopic (exact) mass is 476 g/mol. The number of hydrogen-bond acceptors (Lipinski definition) is 6. The Balaban J connectivity index is 2.03. The molecule has 1 amide bonds. The molecular weight excluding hydrogens is 457 g/mol. The summed E-state index contributed by atoms with van der Waals surface area (Å²) in [5.41, 5.74) is 0.431. The number of aromatic nitrogens is 1. The largest absolute Gasteiger partial charge is 0.386 e. The number of nitrogens with zero attached hydrogens (tertiary/aromatic N) is 2. The predicted octanol–water partition coefficient (Wildman–Crippen LogP) is 4.68. The minimum absolute atomic E-state index is 0.00491. The molecule has 0 spiro atoms. The molecule has 2 heterocycles. The number of pyridine rings is 1. The highest BCUT2D eigenvalue weighted by atomic mass is 35.5. The molecular formula is C19H20ClF3N4O3S. The van der Waals surface area contributed by atoms with Crippen molar-refractivity contribution in [1.82, 2.24) is 4.98 Å². The molecule has 0 saturated heterocycles. The summed E-state index contributed by atoms with van der Waals surface area (Å²) in [5, 5.41) is 2.33. The molecule has 0 aliphatic carbocycles. The van der Waals surface area contributed by atoms with Crippen molar-refractivity contribution in [1.29, 1.82) is 0 Å². The van der Waals surface area contributed by atoms with E-state index in [0.29, 0.717) is 0 Å². The molecule has 31 heavy (non-hydrogen) atoms. The van der Waals surface area contributed by atoms with E-state index in [2.05, 4.69) is 15.3 Å². The molecule has 2 aromatic rings. The van der Waals surface area contributed by atoms with Crippen molar-refractivity contribution < 1.29 is 27.1 Å². The number of carbonyl (C=O) groups excluding carboxylic acids is 1. The van der Waals surface area contributed by atoms with Crippen LogP contribution in [-0.2, 0) is 5.54 Å². The van der Waals surface area contributed by atoms with Crippen LogP contribution in [0.4, 0.5) is 18.9 Å². The van der Waals surface area contributed by atoms with Crippen molar-refractivity contribution in [3.63, 3.8) is 0 Å². The number of amidine groups is 1. The molecule has 7 nitrogen and oxygen atoms in total. The van der Waals surface area contributed by atoms with Crippen molar-refractivity contribution in [3.05, 3.63) is 58.4 Å². The van der Waals surface area contributed by atoms with Gasteiger partial charge in [0.1, 0.15) is 21.9 Å². The standard InChI is InChI=1S/C19H20ClF3N4O3S/c1-18(2)17(24)27-19(3,16(23)31(18,29)30)11-7-10(4-5-12(11)21)26-15(28)14-13(22)6-9(20)8-25-14/h4-8,16,29-30H,1-3H3,(H2,24,27)(H,26,28)/t16?,19-/m1/s1. The molecule has 168 valence electrons. The molecule has 0 bridgehead atoms. The van der Waals surface area contributed by atoms with Gasteiger partial charge in [0.15, 0.2) is 11.5 Å². The van der Waals surface area contributed by atoms with Crippen LogP contribution in [0.1, 0.15) is 36.8 Å². The molecule has 5 N–H and O–H groups in total. The topological polar surface area (TPSA) is 121 Å². The maximum Gasteiger partial charge on any atom is 0.277 e. The number of rotatable bonds is 3. The number of amides is 1. The molecule has 1 unspecified atom stereocenters. The number of nitrogens with one attached hydrogen (secondary N) is 1. The molecule has 1 aromatic carbocycles. The fraction of sp³-hybridized carbons (Fsp3) is 0.316. The van der Waals surface area contributed by atoms with Crippen molar-refractivity contribution in [2.75, 3.05) is 5.32 Å². The van der Waals surface area contributed by atoms with Crippen LogP contribution in [-0.4, -0.2) is 36.1 Å². The number of aliphatic imine (C=N–C) groups is 1. The van der Waals surface area contributed by atoms with Crippen molar-refractivity contribution in [2.45, 2.75) is 36.6 Å². The Hall–Kier alpha value is -2.34. The van der Waals surface area contributed by atoms with Gasteiger partial charge in [-0.2, -0.15) is 10.6 Å². The third-order valence-corrected chi connectivity index (χ3v) is 8.20. The Kier molecular flexibility index (Phi) is 5.76. The van der Waals surface area contributed by atoms with E-state index < -0.39 is 49.6 Å². The second-order valence-electron chi connectivity index (χ2n) is 7.70. The highest BCUT2D eigenvalue weighted by Crippen LogP contribution is 2.64. The number of benzene rings is 1. The lowest BCUT2D eigenvalue weighted by Crippen LogP contribution is -2.55. The van der Waals surface area contributed by atoms with E-state index in [1.165, 1.54) is 26.8 Å². The zero-order valence-corrected chi connectivity index (χ0v) is 18.2. The Morgan fingerprint density at radius 1 is 1.23 bits per heavy atom. The maximum atomic E-state index is 15.3. The lowest BCUT2D eigenvalue weighted by molar-refractivity contribution is 0.101. The van der Waals surface area contributed by atoms with E-state index in [9.17, 15) is 22.7 Å². The van der Waals surface area contributed by atoms with Crippen molar-refractivity contribution in [3.8, 4) is 0 Å². The number of hydrogen-bond donors (Lipinski definition) is 4. The van der Waals surface area contributed by atoms with Gasteiger partial charge in [-0.3, -0.25) is 18.9 Å². The highest BCUT2D eigenvalue weighted by molar-refractivity contribution is 8.26. The molecule has 0 saturated carbocycles. The minimum Gasteiger partial charge on any atom is -0.386 e. The summed E-state index contributed by atoms with van der Waals surface area (Å²) < 4.78 is 63.4. The molecule has 0 fully saturated rings. The van der Waals surface area contributed by atoms with E-state index in [-0.39, 0.29) is 22.1 Å². The number of anilines is 1. The van der Waals surface area contributed by atoms with Crippen molar-refractivity contribution in [2.24, 2.45) is 10.7 Å². The van der Waals surface area contributed by atoms with Gasteiger partial charge in [0.2, 0.25) is 5.50 Å². The SMILES string of the molecule is CC1(C)C(N)=N[C@](C)(c2cc(NC(=O)c3ncc(Cl)cc3F)ccc2F)C(F)S1(O)O. The third-order valence-electron chi connectivity index (χ3n) is 5.24. The van der Waals surface area contributed by atoms with Crippen molar-refractivity contribution >= 4 is 39.6 Å². The van der Waals surface area contributed by atoms with Crippen LogP contribution in [0.2, 0.25) is 5.02 Å². The van der Waals surface area contributed by atoms with Gasteiger partial charge in [0.05, 0.1) is 5.02 Å². The van der Waals surface area contributed by atoms with Gasteiger partial charge in [-0.25, -0.2) is 18.2 Å². The first-order valence-electron chi connectivity index (χ1n) is 8.90. The third kappa shape index (κ3) is 3.75. The molecule has 12 heteroatoms. The Labute approximate surface area is 182 Å². The van der Waals surface area contributed by atoms with Crippen LogP contribution >= 0.6 is 22.2 Å². The number of nitrogens with two attached hydrogens (primary N) is 1. The second kappa shape index (κ2) is 7.66. The summed E-state index contributed by atoms with van der Waals surface area (Å²) in [6, 6.07) is 4.07. The van der Waals surface area contributed by atoms with Gasteiger partial charge in [0, 0.05) is 17.4 Å². The normalized spacial score (nSPS) is 25.5. The van der Waals surface area contributed by atoms with E-state index in [1.54, 1.807) is 0 Å². The first-order valence-corrected chi connectivity index (χ1v) is 10.9. The van der Waals surface area contributed by atoms with E-state index in [4.69, 9.17) is 17.3 Å². The maximum absolute atomic E-state index is 15.3. The first-order chi connectivity index (χ1) is 14.2. The summed E-state index contributed by atoms with van der Waals surface area (Å²) in [7, 11) is -4.00. The summed E-state index contributed by atoms with van der Waals surface area (Å²) >= 11 is 5.62. The molecule has 1 aromatic heterocycles. The van der Waals surface area contributed by atoms with Gasteiger partial charge >= 0.3 is 0 Å². The highest BCUT2D eigenvalue weighted by Gasteiger charge is 2.57. The quantitative estimate of drug-likeness (QED) is 0.512. The van der Waals surface area contributed by atoms with Crippen LogP contribution < -0.4 is 11.1 Å². The number of alkyl halides is 1. The minimum atomic E-state index is -4.00. The van der Waals surface area contributed by atoms with Crippen LogP contribution in [0.3, 0.4) is 0 Å². The lowest BCUT2D eigenvalue weighted by atomic mass is 9.91. The first kappa shape index (κ1) is 23.3. The Morgan fingerprint density at radius 3 is 2.48 bits per heavy atom. The van der Waals surface area contributed by atoms with Crippen LogP contribution in [0.5, 0.6) is 0 Å². The van der Waals surface area contributed by atoms with Gasteiger partial charge in [-0.05, 0) is 45.0 Å². The smallest absolute Gasteiger partial charge is 0.277 e. The molecule has 1 aliphatic heterocycles. The van der Waals surface area contributed by atoms with Gasteiger partial charge in [-0.1, -0.05) is 11.6 Å². The van der Waals surface area contributed by atoms with Crippen LogP contribution in [0.15, 0.2) is 35.5 Å². The van der Waals surface area contributed by atoms with Crippen LogP contribution in [0, 0.1) is 11.6 Å². The molecule has 1 aliphatic rings. The Morgan fingerprint density at radius 2 is 1.87 bits per heavy atom. The number of carbonyl (C=O) groups is 1. The molecule has 0 radical (unpaired) electrons.